The van der Waals surface area contributed by atoms with Crippen LogP contribution in [0.5, 0.6) is 0 Å². The first-order valence-corrected chi connectivity index (χ1v) is 12.0. The minimum atomic E-state index is -0.650. The van der Waals surface area contributed by atoms with E-state index in [0.717, 1.165) is 12.8 Å². The summed E-state index contributed by atoms with van der Waals surface area (Å²) in [7, 11) is 0. The quantitative estimate of drug-likeness (QED) is 0.149. The first kappa shape index (κ1) is 29.7. The molecule has 3 heteroatoms. The molecule has 0 bridgehead atoms. The predicted molar refractivity (Wildman–Crippen MR) is 122 cm³/mol. The summed E-state index contributed by atoms with van der Waals surface area (Å²) in [5.41, 5.74) is 0. The third kappa shape index (κ3) is 28.8. The van der Waals surface area contributed by atoms with Crippen LogP contribution in [0.1, 0.15) is 148 Å². The Balaban J connectivity index is 0. The number of carboxylic acids is 1. The third-order valence-corrected chi connectivity index (χ3v) is 5.49. The van der Waals surface area contributed by atoms with Crippen LogP contribution >= 0.6 is 0 Å². The van der Waals surface area contributed by atoms with Gasteiger partial charge in [0.15, 0.2) is 0 Å². The molecule has 0 aliphatic heterocycles. The Labute approximate surface area is 193 Å². The molecular weight excluding hydrogens is 343 g/mol. The molecule has 0 amide bonds. The normalized spacial score (nSPS) is 10.7. The van der Waals surface area contributed by atoms with Crippen molar-refractivity contribution in [1.29, 1.82) is 0 Å². The van der Waals surface area contributed by atoms with Crippen molar-refractivity contribution in [3.8, 4) is 0 Å². The van der Waals surface area contributed by atoms with Crippen molar-refractivity contribution in [3.63, 3.8) is 0 Å². The molecule has 0 aromatic carbocycles. The molecule has 0 aromatic heterocycles. The van der Waals surface area contributed by atoms with Crippen molar-refractivity contribution in [2.75, 3.05) is 0 Å². The Hall–Kier alpha value is 0.470. The molecule has 0 spiro atoms. The zero-order valence-corrected chi connectivity index (χ0v) is 17.9. The van der Waals surface area contributed by atoms with E-state index < -0.39 is 5.97 Å². The molecule has 0 fully saturated rings. The average Bonchev–Trinajstić information content (AvgIpc) is 2.62. The molecule has 0 aliphatic carbocycles. The van der Waals surface area contributed by atoms with E-state index in [1.54, 1.807) is 0 Å². The van der Waals surface area contributed by atoms with Crippen LogP contribution in [-0.2, 0) is 4.79 Å². The van der Waals surface area contributed by atoms with Gasteiger partial charge in [-0.1, -0.05) is 135 Å². The molecule has 0 heterocycles. The second-order valence-electron chi connectivity index (χ2n) is 8.21. The summed E-state index contributed by atoms with van der Waals surface area (Å²) in [6.45, 7) is 2.29. The van der Waals surface area contributed by atoms with Crippen molar-refractivity contribution in [2.45, 2.75) is 148 Å². The standard InChI is InChI=1S/C24H48O2.Na.H/c1-2-3-4-5-6-7-8-9-10-11-12-13-14-15-16-17-18-19-20-21-22-23-24(25)26;;/h2-23H2,1H3,(H,25,26);;. The first-order valence-electron chi connectivity index (χ1n) is 12.0. The fourth-order valence-electron chi connectivity index (χ4n) is 3.71. The van der Waals surface area contributed by atoms with Crippen molar-refractivity contribution in [2.24, 2.45) is 0 Å². The van der Waals surface area contributed by atoms with Crippen LogP contribution in [0.15, 0.2) is 0 Å². The van der Waals surface area contributed by atoms with Crippen molar-refractivity contribution >= 4 is 35.5 Å². The van der Waals surface area contributed by atoms with E-state index in [2.05, 4.69) is 6.92 Å². The second kappa shape index (κ2) is 26.5. The molecule has 0 rings (SSSR count). The maximum atomic E-state index is 10.4. The summed E-state index contributed by atoms with van der Waals surface area (Å²) in [5.74, 6) is -0.650. The van der Waals surface area contributed by atoms with Gasteiger partial charge in [0, 0.05) is 6.42 Å². The van der Waals surface area contributed by atoms with Crippen LogP contribution in [0.4, 0.5) is 0 Å². The number of carbonyl (C=O) groups is 1. The zero-order valence-electron chi connectivity index (χ0n) is 17.9. The molecule has 27 heavy (non-hydrogen) atoms. The number of unbranched alkanes of at least 4 members (excludes halogenated alkanes) is 20. The number of rotatable bonds is 22. The van der Waals surface area contributed by atoms with Gasteiger partial charge in [-0.2, -0.15) is 0 Å². The SMILES string of the molecule is CCCCCCCCCCCCCCCCCCCCCCCC(=O)O.[NaH]. The van der Waals surface area contributed by atoms with Crippen molar-refractivity contribution < 1.29 is 9.90 Å². The van der Waals surface area contributed by atoms with Gasteiger partial charge >= 0.3 is 35.5 Å². The Morgan fingerprint density at radius 3 is 0.926 bits per heavy atom. The molecule has 0 aromatic rings. The molecule has 1 N–H and O–H groups in total. The van der Waals surface area contributed by atoms with E-state index in [9.17, 15) is 4.79 Å². The summed E-state index contributed by atoms with van der Waals surface area (Å²) in [4.78, 5) is 10.4. The van der Waals surface area contributed by atoms with Crippen molar-refractivity contribution in [1.82, 2.24) is 0 Å². The van der Waals surface area contributed by atoms with Crippen LogP contribution in [0.25, 0.3) is 0 Å². The maximum absolute atomic E-state index is 10.4. The fraction of sp³-hybridized carbons (Fsp3) is 0.958. The number of aliphatic carboxylic acids is 1. The molecule has 0 radical (unpaired) electrons. The predicted octanol–water partition coefficient (Wildman–Crippen LogP) is 8.02. The summed E-state index contributed by atoms with van der Waals surface area (Å²) in [6.07, 6.45) is 29.1. The summed E-state index contributed by atoms with van der Waals surface area (Å²) in [5, 5.41) is 8.57. The van der Waals surface area contributed by atoms with Crippen LogP contribution in [0, 0.1) is 0 Å². The van der Waals surface area contributed by atoms with Crippen LogP contribution < -0.4 is 0 Å². The Morgan fingerprint density at radius 2 is 0.704 bits per heavy atom. The first-order chi connectivity index (χ1) is 12.8. The molecule has 158 valence electrons. The Kier molecular flexibility index (Phi) is 29.1. The average molecular weight is 393 g/mol. The van der Waals surface area contributed by atoms with Gasteiger partial charge in [0.2, 0.25) is 0 Å². The molecule has 0 aliphatic rings. The molecule has 2 nitrogen and oxygen atoms in total. The Morgan fingerprint density at radius 1 is 0.481 bits per heavy atom. The van der Waals surface area contributed by atoms with Gasteiger partial charge in [0.1, 0.15) is 0 Å². The second-order valence-corrected chi connectivity index (χ2v) is 8.21. The summed E-state index contributed by atoms with van der Waals surface area (Å²) in [6, 6.07) is 0. The molecular formula is C24H49NaO2. The molecule has 0 saturated carbocycles. The zero-order chi connectivity index (χ0) is 19.1. The third-order valence-electron chi connectivity index (χ3n) is 5.49. The van der Waals surface area contributed by atoms with Gasteiger partial charge in [-0.3, -0.25) is 4.79 Å². The Bertz CT molecular complexity index is 282. The topological polar surface area (TPSA) is 37.3 Å². The van der Waals surface area contributed by atoms with E-state index in [4.69, 9.17) is 5.11 Å². The fourth-order valence-corrected chi connectivity index (χ4v) is 3.71. The van der Waals surface area contributed by atoms with Gasteiger partial charge in [0.05, 0.1) is 0 Å². The van der Waals surface area contributed by atoms with Gasteiger partial charge in [0.25, 0.3) is 0 Å². The number of hydrogen-bond acceptors (Lipinski definition) is 1. The monoisotopic (exact) mass is 392 g/mol. The van der Waals surface area contributed by atoms with Gasteiger partial charge in [-0.25, -0.2) is 0 Å². The molecule has 0 unspecified atom stereocenters. The number of carboxylic acid groups (broad SMARTS) is 1. The van der Waals surface area contributed by atoms with E-state index in [0.29, 0.717) is 6.42 Å². The van der Waals surface area contributed by atoms with E-state index in [1.165, 1.54) is 122 Å². The minimum absolute atomic E-state index is 0. The van der Waals surface area contributed by atoms with Gasteiger partial charge in [-0.05, 0) is 6.42 Å². The van der Waals surface area contributed by atoms with Gasteiger partial charge < -0.3 is 5.11 Å². The summed E-state index contributed by atoms with van der Waals surface area (Å²) < 4.78 is 0. The number of hydrogen-bond donors (Lipinski definition) is 1. The van der Waals surface area contributed by atoms with Crippen LogP contribution in [-0.4, -0.2) is 40.6 Å². The van der Waals surface area contributed by atoms with Crippen molar-refractivity contribution in [3.05, 3.63) is 0 Å². The summed E-state index contributed by atoms with van der Waals surface area (Å²) >= 11 is 0. The van der Waals surface area contributed by atoms with E-state index in [1.807, 2.05) is 0 Å². The molecule has 0 atom stereocenters. The van der Waals surface area contributed by atoms with E-state index >= 15 is 0 Å². The van der Waals surface area contributed by atoms with E-state index in [-0.39, 0.29) is 29.6 Å². The van der Waals surface area contributed by atoms with Gasteiger partial charge in [-0.15, -0.1) is 0 Å². The molecule has 0 saturated heterocycles. The van der Waals surface area contributed by atoms with Crippen LogP contribution in [0.2, 0.25) is 0 Å². The van der Waals surface area contributed by atoms with Crippen LogP contribution in [0.3, 0.4) is 0 Å².